The molecular weight excluding hydrogens is 128 g/mol. The van der Waals surface area contributed by atoms with Crippen LogP contribution in [0.2, 0.25) is 0 Å². The van der Waals surface area contributed by atoms with Gasteiger partial charge in [-0.3, -0.25) is 0 Å². The zero-order chi connectivity index (χ0) is 7.40. The first-order valence-corrected chi connectivity index (χ1v) is 2.75. The molecular formula is C7H6N2O. The van der Waals surface area contributed by atoms with Gasteiger partial charge in [0, 0.05) is 0 Å². The van der Waals surface area contributed by atoms with Gasteiger partial charge in [-0.2, -0.15) is 0 Å². The smallest absolute Gasteiger partial charge is 0.292 e. The first kappa shape index (κ1) is 6.43. The van der Waals surface area contributed by atoms with E-state index in [0.29, 0.717) is 11.4 Å². The third-order valence-corrected chi connectivity index (χ3v) is 1.07. The summed E-state index contributed by atoms with van der Waals surface area (Å²) in [6, 6.07) is 6.84. The molecule has 0 fully saturated rings. The van der Waals surface area contributed by atoms with Gasteiger partial charge in [0.15, 0.2) is 5.75 Å². The summed E-state index contributed by atoms with van der Waals surface area (Å²) in [7, 11) is 0. The van der Waals surface area contributed by atoms with Crippen molar-refractivity contribution in [2.75, 3.05) is 5.73 Å². The number of hydrogen-bond donors (Lipinski definition) is 1. The van der Waals surface area contributed by atoms with Crippen molar-refractivity contribution in [2.24, 2.45) is 0 Å². The number of nitrogens with zero attached hydrogens (tertiary/aromatic N) is 1. The number of nitriles is 1. The summed E-state index contributed by atoms with van der Waals surface area (Å²) >= 11 is 0. The molecule has 0 aromatic heterocycles. The summed E-state index contributed by atoms with van der Waals surface area (Å²) in [5.74, 6) is 0.407. The van der Waals surface area contributed by atoms with Gasteiger partial charge in [-0.05, 0) is 12.1 Å². The number of nitrogens with two attached hydrogens (primary N) is 1. The Morgan fingerprint density at radius 2 is 2.10 bits per heavy atom. The van der Waals surface area contributed by atoms with Crippen molar-refractivity contribution < 1.29 is 4.74 Å². The van der Waals surface area contributed by atoms with Gasteiger partial charge in [-0.15, -0.1) is 5.26 Å². The number of ether oxygens (including phenoxy) is 1. The van der Waals surface area contributed by atoms with E-state index in [1.165, 1.54) is 0 Å². The van der Waals surface area contributed by atoms with Crippen LogP contribution in [0.4, 0.5) is 5.69 Å². The van der Waals surface area contributed by atoms with E-state index in [9.17, 15) is 0 Å². The summed E-state index contributed by atoms with van der Waals surface area (Å²) < 4.78 is 4.52. The second-order valence-electron chi connectivity index (χ2n) is 1.73. The molecule has 1 aromatic carbocycles. The van der Waals surface area contributed by atoms with Crippen LogP contribution in [-0.4, -0.2) is 0 Å². The Labute approximate surface area is 58.6 Å². The summed E-state index contributed by atoms with van der Waals surface area (Å²) in [5, 5.41) is 8.12. The van der Waals surface area contributed by atoms with Crippen LogP contribution in [0, 0.1) is 11.5 Å². The van der Waals surface area contributed by atoms with Crippen LogP contribution in [0.5, 0.6) is 5.75 Å². The fraction of sp³-hybridized carbons (Fsp3) is 0. The summed E-state index contributed by atoms with van der Waals surface area (Å²) in [6.45, 7) is 0. The zero-order valence-corrected chi connectivity index (χ0v) is 5.24. The highest BCUT2D eigenvalue weighted by molar-refractivity contribution is 5.52. The summed E-state index contributed by atoms with van der Waals surface area (Å²) in [4.78, 5) is 0. The number of nitrogen functional groups attached to an aromatic ring is 1. The number of para-hydroxylation sites is 2. The third-order valence-electron chi connectivity index (χ3n) is 1.07. The van der Waals surface area contributed by atoms with Gasteiger partial charge >= 0.3 is 0 Å². The number of rotatable bonds is 1. The Morgan fingerprint density at radius 1 is 1.40 bits per heavy atom. The Bertz CT molecular complexity index is 265. The van der Waals surface area contributed by atoms with E-state index in [1.54, 1.807) is 30.5 Å². The maximum absolute atomic E-state index is 8.12. The van der Waals surface area contributed by atoms with E-state index in [4.69, 9.17) is 11.0 Å². The predicted octanol–water partition coefficient (Wildman–Crippen LogP) is 1.13. The van der Waals surface area contributed by atoms with E-state index in [0.717, 1.165) is 0 Å². The molecule has 0 spiro atoms. The Kier molecular flexibility index (Phi) is 1.76. The number of benzene rings is 1. The van der Waals surface area contributed by atoms with Crippen molar-refractivity contribution in [1.82, 2.24) is 0 Å². The van der Waals surface area contributed by atoms with Gasteiger partial charge in [0.2, 0.25) is 0 Å². The lowest BCUT2D eigenvalue weighted by molar-refractivity contribution is 0.510. The molecule has 0 aliphatic carbocycles. The fourth-order valence-electron chi connectivity index (χ4n) is 0.623. The van der Waals surface area contributed by atoms with Crippen LogP contribution in [0.25, 0.3) is 0 Å². The highest BCUT2D eigenvalue weighted by Gasteiger charge is 1.94. The van der Waals surface area contributed by atoms with Crippen molar-refractivity contribution in [3.8, 4) is 12.0 Å². The molecule has 3 nitrogen and oxygen atoms in total. The standard InChI is InChI=1S/C7H6N2O/c8-5-10-7-4-2-1-3-6(7)9/h1-4H,9H2. The summed E-state index contributed by atoms with van der Waals surface area (Å²) in [6.07, 6.45) is 1.54. The molecule has 0 saturated heterocycles. The molecule has 50 valence electrons. The maximum atomic E-state index is 8.12. The summed E-state index contributed by atoms with van der Waals surface area (Å²) in [5.41, 5.74) is 5.91. The van der Waals surface area contributed by atoms with Crippen molar-refractivity contribution in [2.45, 2.75) is 0 Å². The third kappa shape index (κ3) is 1.17. The van der Waals surface area contributed by atoms with Gasteiger partial charge in [0.25, 0.3) is 6.26 Å². The predicted molar refractivity (Wildman–Crippen MR) is 37.1 cm³/mol. The number of hydrogen-bond acceptors (Lipinski definition) is 3. The monoisotopic (exact) mass is 134 g/mol. The molecule has 1 rings (SSSR count). The lowest BCUT2D eigenvalue weighted by atomic mass is 10.3. The minimum atomic E-state index is 0.407. The molecule has 1 aromatic rings. The Hall–Kier alpha value is -1.69. The molecule has 0 heterocycles. The topological polar surface area (TPSA) is 59.0 Å². The second kappa shape index (κ2) is 2.74. The highest BCUT2D eigenvalue weighted by Crippen LogP contribution is 2.18. The van der Waals surface area contributed by atoms with Crippen molar-refractivity contribution in [3.05, 3.63) is 24.3 Å². The minimum absolute atomic E-state index is 0.407. The van der Waals surface area contributed by atoms with Crippen molar-refractivity contribution in [1.29, 1.82) is 5.26 Å². The maximum Gasteiger partial charge on any atom is 0.292 e. The molecule has 0 saturated carbocycles. The Morgan fingerprint density at radius 3 is 2.70 bits per heavy atom. The van der Waals surface area contributed by atoms with Crippen LogP contribution < -0.4 is 10.5 Å². The van der Waals surface area contributed by atoms with Gasteiger partial charge in [0.05, 0.1) is 5.69 Å². The average Bonchev–Trinajstić information content (AvgIpc) is 1.94. The Balaban J connectivity index is 2.94. The van der Waals surface area contributed by atoms with Gasteiger partial charge in [0.1, 0.15) is 0 Å². The van der Waals surface area contributed by atoms with Crippen LogP contribution >= 0.6 is 0 Å². The molecule has 0 bridgehead atoms. The van der Waals surface area contributed by atoms with E-state index in [2.05, 4.69) is 4.74 Å². The zero-order valence-electron chi connectivity index (χ0n) is 5.24. The quantitative estimate of drug-likeness (QED) is 0.462. The number of anilines is 1. The first-order valence-electron chi connectivity index (χ1n) is 2.75. The van der Waals surface area contributed by atoms with Crippen LogP contribution in [0.15, 0.2) is 24.3 Å². The van der Waals surface area contributed by atoms with E-state index < -0.39 is 0 Å². The minimum Gasteiger partial charge on any atom is -0.396 e. The SMILES string of the molecule is N#COc1ccccc1N. The molecule has 0 aliphatic heterocycles. The fourth-order valence-corrected chi connectivity index (χ4v) is 0.623. The largest absolute Gasteiger partial charge is 0.396 e. The second-order valence-corrected chi connectivity index (χ2v) is 1.73. The van der Waals surface area contributed by atoms with Gasteiger partial charge in [-0.25, -0.2) is 0 Å². The molecule has 3 heteroatoms. The normalized spacial score (nSPS) is 8.30. The van der Waals surface area contributed by atoms with Crippen LogP contribution in [-0.2, 0) is 0 Å². The molecule has 0 amide bonds. The van der Waals surface area contributed by atoms with Gasteiger partial charge in [-0.1, -0.05) is 12.1 Å². The molecule has 2 N–H and O–H groups in total. The van der Waals surface area contributed by atoms with Crippen molar-refractivity contribution in [3.63, 3.8) is 0 Å². The molecule has 0 radical (unpaired) electrons. The lowest BCUT2D eigenvalue weighted by Gasteiger charge is -1.97. The average molecular weight is 134 g/mol. The molecule has 0 atom stereocenters. The van der Waals surface area contributed by atoms with E-state index in [-0.39, 0.29) is 0 Å². The lowest BCUT2D eigenvalue weighted by Crippen LogP contribution is -1.89. The van der Waals surface area contributed by atoms with Crippen LogP contribution in [0.3, 0.4) is 0 Å². The molecule has 0 unspecified atom stereocenters. The molecule has 10 heavy (non-hydrogen) atoms. The first-order chi connectivity index (χ1) is 4.84. The van der Waals surface area contributed by atoms with Crippen molar-refractivity contribution >= 4 is 5.69 Å². The van der Waals surface area contributed by atoms with E-state index in [1.807, 2.05) is 0 Å². The van der Waals surface area contributed by atoms with Crippen LogP contribution in [0.1, 0.15) is 0 Å². The van der Waals surface area contributed by atoms with E-state index >= 15 is 0 Å². The highest BCUT2D eigenvalue weighted by atomic mass is 16.5. The molecule has 0 aliphatic rings. The van der Waals surface area contributed by atoms with Gasteiger partial charge < -0.3 is 10.5 Å².